The molecular weight excluding hydrogens is 550 g/mol. The van der Waals surface area contributed by atoms with Gasteiger partial charge in [-0.15, -0.1) is 0 Å². The van der Waals surface area contributed by atoms with E-state index in [1.54, 1.807) is 17.8 Å². The number of aromatic nitrogens is 1. The van der Waals surface area contributed by atoms with Gasteiger partial charge in [0.1, 0.15) is 5.71 Å². The molecule has 0 spiro atoms. The predicted octanol–water partition coefficient (Wildman–Crippen LogP) is 6.08. The van der Waals surface area contributed by atoms with E-state index < -0.39 is 11.5 Å². The number of morpholine rings is 1. The van der Waals surface area contributed by atoms with Crippen molar-refractivity contribution in [3.8, 4) is 0 Å². The number of thioether (sulfide) groups is 1. The van der Waals surface area contributed by atoms with Crippen LogP contribution in [0, 0.1) is 0 Å². The highest BCUT2D eigenvalue weighted by Crippen LogP contribution is 2.32. The van der Waals surface area contributed by atoms with Crippen LogP contribution in [0.15, 0.2) is 66.4 Å². The highest BCUT2D eigenvalue weighted by Gasteiger charge is 2.36. The third-order valence-electron chi connectivity index (χ3n) is 7.63. The number of fused-ring (bicyclic) bond motifs is 3. The number of nitrogens with zero attached hydrogens (tertiary/aromatic N) is 3. The summed E-state index contributed by atoms with van der Waals surface area (Å²) in [5.41, 5.74) is 2.54. The van der Waals surface area contributed by atoms with Gasteiger partial charge in [0.25, 0.3) is 0 Å². The van der Waals surface area contributed by atoms with E-state index in [-0.39, 0.29) is 17.3 Å². The number of hydrogen-bond acceptors (Lipinski definition) is 8. The van der Waals surface area contributed by atoms with Crippen molar-refractivity contribution in [1.82, 2.24) is 9.47 Å². The third kappa shape index (κ3) is 6.75. The minimum Gasteiger partial charge on any atom is -0.379 e. The van der Waals surface area contributed by atoms with Gasteiger partial charge in [-0.2, -0.15) is 11.8 Å². The number of ketones is 2. The summed E-state index contributed by atoms with van der Waals surface area (Å²) in [5, 5.41) is 5.74. The summed E-state index contributed by atoms with van der Waals surface area (Å²) < 4.78 is 7.68. The number of hydrogen-bond donors (Lipinski definition) is 0. The van der Waals surface area contributed by atoms with Crippen molar-refractivity contribution >= 4 is 56.8 Å². The molecule has 1 aliphatic rings. The zero-order chi connectivity index (χ0) is 30.3. The normalized spacial score (nSPS) is 15.0. The molecule has 0 radical (unpaired) electrons. The van der Waals surface area contributed by atoms with Crippen LogP contribution in [0.25, 0.3) is 21.8 Å². The lowest BCUT2D eigenvalue weighted by atomic mass is 9.90. The first-order chi connectivity index (χ1) is 20.2. The number of oxime groups is 1. The first-order valence-electron chi connectivity index (χ1n) is 14.4. The molecule has 1 fully saturated rings. The Labute approximate surface area is 251 Å². The Balaban J connectivity index is 1.73. The maximum atomic E-state index is 13.8. The second kappa shape index (κ2) is 14.1. The van der Waals surface area contributed by atoms with E-state index in [1.165, 1.54) is 18.2 Å². The first kappa shape index (κ1) is 31.4. The summed E-state index contributed by atoms with van der Waals surface area (Å²) in [6, 6.07) is 11.4. The van der Waals surface area contributed by atoms with Crippen LogP contribution in [-0.4, -0.2) is 76.1 Å². The topological polar surface area (TPSA) is 90.2 Å². The van der Waals surface area contributed by atoms with Crippen molar-refractivity contribution in [2.24, 2.45) is 5.16 Å². The minimum absolute atomic E-state index is 0.0473. The van der Waals surface area contributed by atoms with E-state index in [0.717, 1.165) is 34.1 Å². The molecule has 0 N–H and O–H groups in total. The number of carbonyl (C=O) groups excluding carboxylic acids is 3. The number of ether oxygens (including phenoxy) is 1. The van der Waals surface area contributed by atoms with Gasteiger partial charge in [-0.1, -0.05) is 30.8 Å². The standard InChI is InChI=1S/C33H39N3O5S/c1-6-9-10-30(37)41-34-27(15-20-42-8-3)31(38)23-11-13-28-25(21-23)26-22-24(12-14-29(26)36(28)7-2)32(39)33(4,5)35-16-18-40-19-17-35/h6,9-14,21-22H,1,7-8,15-20H2,2-5H3/b10-9+,34-27+. The highest BCUT2D eigenvalue weighted by atomic mass is 32.2. The van der Waals surface area contributed by atoms with Crippen LogP contribution in [0.5, 0.6) is 0 Å². The lowest BCUT2D eigenvalue weighted by Gasteiger charge is -2.39. The Morgan fingerprint density at radius 1 is 1.05 bits per heavy atom. The molecule has 1 saturated heterocycles. The molecule has 1 aromatic heterocycles. The van der Waals surface area contributed by atoms with Gasteiger partial charge in [-0.05, 0) is 68.7 Å². The third-order valence-corrected chi connectivity index (χ3v) is 8.53. The van der Waals surface area contributed by atoms with Gasteiger partial charge in [0, 0.05) is 65.1 Å². The molecule has 0 aliphatic carbocycles. The average Bonchev–Trinajstić information content (AvgIpc) is 3.33. The van der Waals surface area contributed by atoms with Crippen LogP contribution in [0.2, 0.25) is 0 Å². The molecule has 0 amide bonds. The number of benzene rings is 2. The molecule has 1 aliphatic heterocycles. The van der Waals surface area contributed by atoms with Crippen LogP contribution < -0.4 is 0 Å². The van der Waals surface area contributed by atoms with Gasteiger partial charge in [0.05, 0.1) is 18.8 Å². The fourth-order valence-electron chi connectivity index (χ4n) is 5.30. The molecule has 222 valence electrons. The molecule has 2 heterocycles. The van der Waals surface area contributed by atoms with Crippen molar-refractivity contribution in [2.75, 3.05) is 37.8 Å². The number of aryl methyl sites for hydroxylation is 1. The van der Waals surface area contributed by atoms with E-state index in [4.69, 9.17) is 9.57 Å². The van der Waals surface area contributed by atoms with E-state index >= 15 is 0 Å². The highest BCUT2D eigenvalue weighted by molar-refractivity contribution is 7.99. The molecule has 0 bridgehead atoms. The van der Waals surface area contributed by atoms with Crippen molar-refractivity contribution in [3.63, 3.8) is 0 Å². The summed E-state index contributed by atoms with van der Waals surface area (Å²) in [6.45, 7) is 15.0. The Kier molecular flexibility index (Phi) is 10.5. The van der Waals surface area contributed by atoms with Crippen molar-refractivity contribution < 1.29 is 24.0 Å². The number of allylic oxidation sites excluding steroid dienone is 2. The summed E-state index contributed by atoms with van der Waals surface area (Å²) >= 11 is 1.68. The van der Waals surface area contributed by atoms with E-state index in [2.05, 4.69) is 28.1 Å². The molecule has 0 saturated carbocycles. The smallest absolute Gasteiger partial charge is 0.358 e. The lowest BCUT2D eigenvalue weighted by molar-refractivity contribution is -0.137. The predicted molar refractivity (Wildman–Crippen MR) is 171 cm³/mol. The van der Waals surface area contributed by atoms with Crippen molar-refractivity contribution in [3.05, 3.63) is 72.3 Å². The Bertz CT molecular complexity index is 1550. The average molecular weight is 590 g/mol. The summed E-state index contributed by atoms with van der Waals surface area (Å²) in [4.78, 5) is 46.6. The van der Waals surface area contributed by atoms with E-state index in [0.29, 0.717) is 49.6 Å². The molecule has 0 unspecified atom stereocenters. The maximum absolute atomic E-state index is 13.8. The zero-order valence-corrected chi connectivity index (χ0v) is 25.7. The summed E-state index contributed by atoms with van der Waals surface area (Å²) in [5.74, 6) is 0.637. The SMILES string of the molecule is C=C/C=C/C(=O)O/N=C(\CCSCC)C(=O)c1ccc2c(c1)c1cc(C(=O)C(C)(C)N3CCOCC3)ccc1n2CC. The maximum Gasteiger partial charge on any atom is 0.358 e. The Hall–Kier alpha value is -3.53. The van der Waals surface area contributed by atoms with Crippen LogP contribution in [-0.2, 0) is 20.9 Å². The fourth-order valence-corrected chi connectivity index (χ4v) is 5.93. The van der Waals surface area contributed by atoms with Gasteiger partial charge in [0.15, 0.2) is 5.78 Å². The number of rotatable bonds is 13. The van der Waals surface area contributed by atoms with Gasteiger partial charge in [-0.25, -0.2) is 4.79 Å². The molecular formula is C33H39N3O5S. The summed E-state index contributed by atoms with van der Waals surface area (Å²) in [6.07, 6.45) is 4.47. The van der Waals surface area contributed by atoms with Crippen molar-refractivity contribution in [1.29, 1.82) is 0 Å². The first-order valence-corrected chi connectivity index (χ1v) is 15.5. The second-order valence-corrected chi connectivity index (χ2v) is 11.9. The molecule has 2 aromatic carbocycles. The summed E-state index contributed by atoms with van der Waals surface area (Å²) in [7, 11) is 0. The molecule has 3 aromatic rings. The molecule has 8 nitrogen and oxygen atoms in total. The van der Waals surface area contributed by atoms with Crippen LogP contribution in [0.4, 0.5) is 0 Å². The lowest BCUT2D eigenvalue weighted by Crippen LogP contribution is -2.54. The van der Waals surface area contributed by atoms with Gasteiger partial charge in [-0.3, -0.25) is 14.5 Å². The molecule has 0 atom stereocenters. The minimum atomic E-state index is -0.679. The van der Waals surface area contributed by atoms with E-state index in [9.17, 15) is 14.4 Å². The van der Waals surface area contributed by atoms with Crippen LogP contribution in [0.3, 0.4) is 0 Å². The quantitative estimate of drug-likeness (QED) is 0.0454. The number of carbonyl (C=O) groups is 3. The number of Topliss-reactive ketones (excluding diaryl/α,β-unsaturated/α-hetero) is 2. The van der Waals surface area contributed by atoms with Gasteiger partial charge < -0.3 is 14.1 Å². The second-order valence-electron chi connectivity index (χ2n) is 10.5. The zero-order valence-electron chi connectivity index (χ0n) is 24.9. The largest absolute Gasteiger partial charge is 0.379 e. The van der Waals surface area contributed by atoms with Crippen LogP contribution in [0.1, 0.15) is 54.8 Å². The van der Waals surface area contributed by atoms with Crippen LogP contribution >= 0.6 is 11.8 Å². The van der Waals surface area contributed by atoms with Gasteiger partial charge >= 0.3 is 5.97 Å². The molecule has 9 heteroatoms. The monoisotopic (exact) mass is 589 g/mol. The Morgan fingerprint density at radius 2 is 1.69 bits per heavy atom. The van der Waals surface area contributed by atoms with Gasteiger partial charge in [0.2, 0.25) is 5.78 Å². The van der Waals surface area contributed by atoms with E-state index in [1.807, 2.05) is 51.1 Å². The Morgan fingerprint density at radius 3 is 2.31 bits per heavy atom. The molecule has 4 rings (SSSR count). The van der Waals surface area contributed by atoms with Crippen molar-refractivity contribution in [2.45, 2.75) is 46.2 Å². The fraction of sp³-hybridized carbons (Fsp3) is 0.394. The molecule has 42 heavy (non-hydrogen) atoms.